The Hall–Kier alpha value is -3.17. The molecule has 0 spiro atoms. The maximum Gasteiger partial charge on any atom is 0.264 e. The fourth-order valence-corrected chi connectivity index (χ4v) is 3.48. The molecule has 32 heavy (non-hydrogen) atoms. The highest BCUT2D eigenvalue weighted by molar-refractivity contribution is 9.10. The highest BCUT2D eigenvalue weighted by atomic mass is 79.9. The highest BCUT2D eigenvalue weighted by Crippen LogP contribution is 2.15. The number of hydrogen-bond donors (Lipinski definition) is 1. The molecule has 0 unspecified atom stereocenters. The molecule has 0 aliphatic carbocycles. The molecule has 4 aromatic rings. The summed E-state index contributed by atoms with van der Waals surface area (Å²) >= 11 is 9.22. The second kappa shape index (κ2) is 9.97. The Morgan fingerprint density at radius 2 is 1.88 bits per heavy atom. The molecule has 0 fully saturated rings. The lowest BCUT2D eigenvalue weighted by Crippen LogP contribution is -2.31. The van der Waals surface area contributed by atoms with Crippen LogP contribution in [0.1, 0.15) is 5.56 Å². The van der Waals surface area contributed by atoms with E-state index in [1.807, 2.05) is 24.3 Å². The van der Waals surface area contributed by atoms with Crippen LogP contribution in [-0.2, 0) is 17.9 Å². The molecule has 2 aromatic heterocycles. The minimum atomic E-state index is -0.263. The molecule has 164 valence electrons. The first-order chi connectivity index (χ1) is 15.5. The molecule has 2 heterocycles. The SMILES string of the molecule is O=C(COc1ccc(Cl)cc1)NCCn1ncc2c(=O)n(Cc3ccc(Br)cc3)cnc21. The second-order valence-electron chi connectivity index (χ2n) is 7.00. The van der Waals surface area contributed by atoms with Crippen LogP contribution in [0.3, 0.4) is 0 Å². The predicted octanol–water partition coefficient (Wildman–Crippen LogP) is 3.25. The van der Waals surface area contributed by atoms with Crippen molar-refractivity contribution in [1.82, 2.24) is 24.6 Å². The molecule has 0 aliphatic heterocycles. The van der Waals surface area contributed by atoms with Crippen molar-refractivity contribution in [2.45, 2.75) is 13.1 Å². The highest BCUT2D eigenvalue weighted by Gasteiger charge is 2.11. The first kappa shape index (κ1) is 22.0. The Labute approximate surface area is 196 Å². The van der Waals surface area contributed by atoms with Crippen molar-refractivity contribution in [2.75, 3.05) is 13.2 Å². The van der Waals surface area contributed by atoms with Crippen LogP contribution in [0, 0.1) is 0 Å². The zero-order valence-corrected chi connectivity index (χ0v) is 19.2. The topological polar surface area (TPSA) is 91.0 Å². The number of nitrogens with one attached hydrogen (secondary N) is 1. The van der Waals surface area contributed by atoms with E-state index < -0.39 is 0 Å². The van der Waals surface area contributed by atoms with Crippen molar-refractivity contribution in [3.63, 3.8) is 0 Å². The van der Waals surface area contributed by atoms with E-state index in [-0.39, 0.29) is 18.1 Å². The number of hydrogen-bond acceptors (Lipinski definition) is 5. The van der Waals surface area contributed by atoms with Gasteiger partial charge in [0.25, 0.3) is 11.5 Å². The van der Waals surface area contributed by atoms with E-state index in [1.54, 1.807) is 33.5 Å². The second-order valence-corrected chi connectivity index (χ2v) is 8.35. The van der Waals surface area contributed by atoms with Gasteiger partial charge in [-0.1, -0.05) is 39.7 Å². The van der Waals surface area contributed by atoms with Crippen LogP contribution in [0.2, 0.25) is 5.02 Å². The van der Waals surface area contributed by atoms with Crippen LogP contribution >= 0.6 is 27.5 Å². The average molecular weight is 517 g/mol. The van der Waals surface area contributed by atoms with Crippen LogP contribution < -0.4 is 15.6 Å². The smallest absolute Gasteiger partial charge is 0.264 e. The predicted molar refractivity (Wildman–Crippen MR) is 125 cm³/mol. The molecule has 0 bridgehead atoms. The average Bonchev–Trinajstić information content (AvgIpc) is 3.20. The summed E-state index contributed by atoms with van der Waals surface area (Å²) in [6.07, 6.45) is 3.03. The van der Waals surface area contributed by atoms with Gasteiger partial charge in [-0.25, -0.2) is 9.67 Å². The Balaban J connectivity index is 1.34. The first-order valence-corrected chi connectivity index (χ1v) is 11.0. The fourth-order valence-electron chi connectivity index (χ4n) is 3.09. The number of aromatic nitrogens is 4. The molecular weight excluding hydrogens is 498 g/mol. The molecule has 0 saturated heterocycles. The molecule has 2 aromatic carbocycles. The van der Waals surface area contributed by atoms with Gasteiger partial charge < -0.3 is 10.1 Å². The van der Waals surface area contributed by atoms with Crippen LogP contribution in [0.5, 0.6) is 5.75 Å². The lowest BCUT2D eigenvalue weighted by atomic mass is 10.2. The molecule has 0 aliphatic rings. The molecule has 1 N–H and O–H groups in total. The van der Waals surface area contributed by atoms with Crippen molar-refractivity contribution < 1.29 is 9.53 Å². The van der Waals surface area contributed by atoms with Crippen LogP contribution in [-0.4, -0.2) is 38.4 Å². The summed E-state index contributed by atoms with van der Waals surface area (Å²) in [6.45, 7) is 1.01. The zero-order valence-electron chi connectivity index (χ0n) is 16.9. The fraction of sp³-hybridized carbons (Fsp3) is 0.182. The van der Waals surface area contributed by atoms with E-state index >= 15 is 0 Å². The molecule has 0 saturated carbocycles. The third kappa shape index (κ3) is 5.35. The number of fused-ring (bicyclic) bond motifs is 1. The van der Waals surface area contributed by atoms with Gasteiger partial charge >= 0.3 is 0 Å². The standard InChI is InChI=1S/C22H19BrClN5O3/c23-16-3-1-15(2-4-16)12-28-14-26-21-19(22(28)31)11-27-29(21)10-9-25-20(30)13-32-18-7-5-17(24)6-8-18/h1-8,11,14H,9-10,12-13H2,(H,25,30). The number of rotatable bonds is 8. The van der Waals surface area contributed by atoms with Gasteiger partial charge in [0.15, 0.2) is 12.3 Å². The van der Waals surface area contributed by atoms with Gasteiger partial charge in [0.1, 0.15) is 17.5 Å². The number of nitrogens with zero attached hydrogens (tertiary/aromatic N) is 4. The molecule has 0 atom stereocenters. The van der Waals surface area contributed by atoms with Crippen LogP contribution in [0.25, 0.3) is 11.0 Å². The number of halogens is 2. The van der Waals surface area contributed by atoms with E-state index in [9.17, 15) is 9.59 Å². The van der Waals surface area contributed by atoms with E-state index in [4.69, 9.17) is 16.3 Å². The Bertz CT molecular complexity index is 1290. The molecule has 4 rings (SSSR count). The van der Waals surface area contributed by atoms with Gasteiger partial charge in [-0.2, -0.15) is 5.10 Å². The van der Waals surface area contributed by atoms with Crippen molar-refractivity contribution in [2.24, 2.45) is 0 Å². The Morgan fingerprint density at radius 1 is 1.12 bits per heavy atom. The summed E-state index contributed by atoms with van der Waals surface area (Å²) in [5, 5.41) is 8.05. The normalized spacial score (nSPS) is 10.9. The largest absolute Gasteiger partial charge is 0.484 e. The minimum absolute atomic E-state index is 0.111. The molecule has 8 nitrogen and oxygen atoms in total. The lowest BCUT2D eigenvalue weighted by Gasteiger charge is -2.09. The number of carbonyl (C=O) groups is 1. The first-order valence-electron chi connectivity index (χ1n) is 9.80. The van der Waals surface area contributed by atoms with E-state index in [1.165, 1.54) is 12.5 Å². The molecule has 0 radical (unpaired) electrons. The summed E-state index contributed by atoms with van der Waals surface area (Å²) in [4.78, 5) is 29.2. The van der Waals surface area contributed by atoms with Gasteiger partial charge in [0.2, 0.25) is 0 Å². The summed E-state index contributed by atoms with van der Waals surface area (Å²) in [7, 11) is 0. The van der Waals surface area contributed by atoms with E-state index in [0.29, 0.717) is 41.4 Å². The zero-order chi connectivity index (χ0) is 22.5. The van der Waals surface area contributed by atoms with E-state index in [0.717, 1.165) is 10.0 Å². The number of benzene rings is 2. The third-order valence-corrected chi connectivity index (χ3v) is 5.50. The van der Waals surface area contributed by atoms with Crippen molar-refractivity contribution in [1.29, 1.82) is 0 Å². The summed E-state index contributed by atoms with van der Waals surface area (Å²) in [5.74, 6) is 0.299. The maximum absolute atomic E-state index is 12.8. The van der Waals surface area contributed by atoms with Gasteiger partial charge in [0.05, 0.1) is 19.3 Å². The number of carbonyl (C=O) groups excluding carboxylic acids is 1. The minimum Gasteiger partial charge on any atom is -0.484 e. The van der Waals surface area contributed by atoms with Crippen molar-refractivity contribution in [3.05, 3.63) is 86.5 Å². The number of amides is 1. The van der Waals surface area contributed by atoms with Gasteiger partial charge in [-0.3, -0.25) is 14.2 Å². The molecule has 1 amide bonds. The van der Waals surface area contributed by atoms with Crippen LogP contribution in [0.15, 0.2) is 70.3 Å². The monoisotopic (exact) mass is 515 g/mol. The summed E-state index contributed by atoms with van der Waals surface area (Å²) in [5.41, 5.74) is 1.31. The Morgan fingerprint density at radius 3 is 2.62 bits per heavy atom. The van der Waals surface area contributed by atoms with E-state index in [2.05, 4.69) is 31.3 Å². The van der Waals surface area contributed by atoms with Crippen molar-refractivity contribution in [3.8, 4) is 5.75 Å². The molecular formula is C22H19BrClN5O3. The third-order valence-electron chi connectivity index (χ3n) is 4.72. The van der Waals surface area contributed by atoms with Gasteiger partial charge in [-0.05, 0) is 42.0 Å². The quantitative estimate of drug-likeness (QED) is 0.388. The van der Waals surface area contributed by atoms with Crippen molar-refractivity contribution >= 4 is 44.5 Å². The maximum atomic E-state index is 12.8. The lowest BCUT2D eigenvalue weighted by molar-refractivity contribution is -0.123. The molecule has 10 heteroatoms. The van der Waals surface area contributed by atoms with Gasteiger partial charge in [-0.15, -0.1) is 0 Å². The summed E-state index contributed by atoms with van der Waals surface area (Å²) < 4.78 is 9.54. The summed E-state index contributed by atoms with van der Waals surface area (Å²) in [6, 6.07) is 14.5. The number of ether oxygens (including phenoxy) is 1. The van der Waals surface area contributed by atoms with Gasteiger partial charge in [0, 0.05) is 16.0 Å². The Kier molecular flexibility index (Phi) is 6.87. The van der Waals surface area contributed by atoms with Crippen LogP contribution in [0.4, 0.5) is 0 Å².